The zero-order valence-electron chi connectivity index (χ0n) is 17.8. The van der Waals surface area contributed by atoms with Crippen LogP contribution in [0.4, 0.5) is 5.69 Å². The van der Waals surface area contributed by atoms with Crippen molar-refractivity contribution in [3.8, 4) is 0 Å². The zero-order chi connectivity index (χ0) is 21.2. The first-order chi connectivity index (χ1) is 15.2. The van der Waals surface area contributed by atoms with Crippen LogP contribution in [0.15, 0.2) is 100 Å². The van der Waals surface area contributed by atoms with Gasteiger partial charge in [0.15, 0.2) is 0 Å². The molecule has 2 heterocycles. The van der Waals surface area contributed by atoms with Crippen LogP contribution >= 0.6 is 23.1 Å². The number of aromatic nitrogens is 1. The van der Waals surface area contributed by atoms with Gasteiger partial charge in [-0.2, -0.15) is 4.57 Å². The molecule has 0 saturated heterocycles. The summed E-state index contributed by atoms with van der Waals surface area (Å²) in [6, 6.07) is 28.1. The van der Waals surface area contributed by atoms with E-state index in [1.807, 2.05) is 23.1 Å². The van der Waals surface area contributed by atoms with Gasteiger partial charge in [-0.15, -0.1) is 0 Å². The molecular weight excluding hydrogens is 416 g/mol. The van der Waals surface area contributed by atoms with Crippen molar-refractivity contribution >= 4 is 45.1 Å². The Kier molecular flexibility index (Phi) is 5.66. The number of hydrogen-bond acceptors (Lipinski definition) is 3. The molecule has 4 aromatic rings. The Labute approximate surface area is 192 Å². The number of thioether (sulfide) groups is 1. The lowest BCUT2D eigenvalue weighted by Crippen LogP contribution is -2.28. The summed E-state index contributed by atoms with van der Waals surface area (Å²) in [6.07, 6.45) is 5.66. The van der Waals surface area contributed by atoms with Gasteiger partial charge in [0.2, 0.25) is 5.52 Å². The Morgan fingerprint density at radius 1 is 0.935 bits per heavy atom. The fraction of sp³-hybridized carbons (Fsp3) is 0.148. The van der Waals surface area contributed by atoms with E-state index in [2.05, 4.69) is 114 Å². The smallest absolute Gasteiger partial charge is 0.262 e. The Hall–Kier alpha value is -2.82. The number of benzene rings is 3. The minimum absolute atomic E-state index is 0.976. The molecule has 0 spiro atoms. The molecule has 2 nitrogen and oxygen atoms in total. The summed E-state index contributed by atoms with van der Waals surface area (Å²) in [5.74, 6) is 0. The summed E-state index contributed by atoms with van der Waals surface area (Å²) in [5.41, 5.74) is 5.24. The summed E-state index contributed by atoms with van der Waals surface area (Å²) in [5, 5.41) is 2.57. The fourth-order valence-electron chi connectivity index (χ4n) is 3.95. The normalized spacial score (nSPS) is 15.1. The second-order valence-corrected chi connectivity index (χ2v) is 9.92. The maximum absolute atomic E-state index is 2.47. The molecule has 0 bridgehead atoms. The van der Waals surface area contributed by atoms with E-state index < -0.39 is 0 Å². The molecule has 0 saturated carbocycles. The van der Waals surface area contributed by atoms with Crippen molar-refractivity contribution in [3.63, 3.8) is 0 Å². The Morgan fingerprint density at radius 2 is 1.68 bits per heavy atom. The van der Waals surface area contributed by atoms with Crippen molar-refractivity contribution < 1.29 is 4.57 Å². The van der Waals surface area contributed by atoms with Crippen LogP contribution < -0.4 is 9.47 Å². The summed E-state index contributed by atoms with van der Waals surface area (Å²) in [4.78, 5) is 3.80. The quantitative estimate of drug-likeness (QED) is 0.314. The predicted octanol–water partition coefficient (Wildman–Crippen LogP) is 6.83. The van der Waals surface area contributed by atoms with E-state index in [1.54, 1.807) is 0 Å². The number of thiazole rings is 1. The highest BCUT2D eigenvalue weighted by molar-refractivity contribution is 8.03. The third-order valence-electron chi connectivity index (χ3n) is 5.58. The number of allylic oxidation sites excluding steroid dienone is 2. The van der Waals surface area contributed by atoms with E-state index in [-0.39, 0.29) is 0 Å². The van der Waals surface area contributed by atoms with Crippen LogP contribution in [0.2, 0.25) is 0 Å². The monoisotopic (exact) mass is 441 g/mol. The van der Waals surface area contributed by atoms with Gasteiger partial charge in [0.25, 0.3) is 5.01 Å². The van der Waals surface area contributed by atoms with Gasteiger partial charge in [0.05, 0.1) is 10.7 Å². The molecule has 0 radical (unpaired) electrons. The number of fused-ring (bicyclic) bond motifs is 2. The van der Waals surface area contributed by atoms with Crippen LogP contribution in [0.25, 0.3) is 16.3 Å². The third-order valence-corrected chi connectivity index (χ3v) is 7.86. The zero-order valence-corrected chi connectivity index (χ0v) is 19.4. The van der Waals surface area contributed by atoms with E-state index in [0.29, 0.717) is 0 Å². The van der Waals surface area contributed by atoms with E-state index in [0.717, 1.165) is 13.0 Å². The highest BCUT2D eigenvalue weighted by atomic mass is 32.2. The number of nitrogens with zero attached hydrogens (tertiary/aromatic N) is 2. The van der Waals surface area contributed by atoms with Crippen molar-refractivity contribution in [3.05, 3.63) is 106 Å². The lowest BCUT2D eigenvalue weighted by Gasteiger charge is -2.20. The van der Waals surface area contributed by atoms with Crippen molar-refractivity contribution in [1.82, 2.24) is 0 Å². The Morgan fingerprint density at radius 3 is 2.52 bits per heavy atom. The molecule has 1 aromatic heterocycles. The molecule has 154 valence electrons. The van der Waals surface area contributed by atoms with Gasteiger partial charge in [0, 0.05) is 23.6 Å². The van der Waals surface area contributed by atoms with Crippen LogP contribution in [-0.4, -0.2) is 6.54 Å². The largest absolute Gasteiger partial charge is 0.335 e. The molecule has 0 aliphatic carbocycles. The fourth-order valence-corrected chi connectivity index (χ4v) is 6.32. The molecule has 0 N–H and O–H groups in total. The van der Waals surface area contributed by atoms with E-state index >= 15 is 0 Å². The summed E-state index contributed by atoms with van der Waals surface area (Å²) < 4.78 is 3.61. The first-order valence-corrected chi connectivity index (χ1v) is 12.2. The molecule has 0 fully saturated rings. The van der Waals surface area contributed by atoms with Crippen LogP contribution in [0, 0.1) is 0 Å². The number of para-hydroxylation sites is 2. The minimum atomic E-state index is 0.976. The van der Waals surface area contributed by atoms with Gasteiger partial charge in [-0.25, -0.2) is 0 Å². The van der Waals surface area contributed by atoms with Gasteiger partial charge in [-0.05, 0) is 48.8 Å². The lowest BCUT2D eigenvalue weighted by atomic mass is 10.1. The Bertz CT molecular complexity index is 1290. The van der Waals surface area contributed by atoms with Crippen molar-refractivity contribution in [2.24, 2.45) is 7.05 Å². The van der Waals surface area contributed by atoms with Crippen LogP contribution in [-0.2, 0) is 13.5 Å². The van der Waals surface area contributed by atoms with E-state index in [4.69, 9.17) is 0 Å². The minimum Gasteiger partial charge on any atom is -0.335 e. The molecule has 31 heavy (non-hydrogen) atoms. The highest BCUT2D eigenvalue weighted by Crippen LogP contribution is 2.46. The van der Waals surface area contributed by atoms with Gasteiger partial charge in [0.1, 0.15) is 11.7 Å². The molecule has 1 aliphatic heterocycles. The second kappa shape index (κ2) is 8.74. The average molecular weight is 442 g/mol. The van der Waals surface area contributed by atoms with E-state index in [1.165, 1.54) is 42.0 Å². The van der Waals surface area contributed by atoms with Crippen molar-refractivity contribution in [2.75, 3.05) is 11.4 Å². The van der Waals surface area contributed by atoms with Crippen LogP contribution in [0.1, 0.15) is 17.5 Å². The molecular formula is C27H25N2S2+. The number of rotatable bonds is 5. The topological polar surface area (TPSA) is 7.12 Å². The number of anilines is 1. The molecule has 0 unspecified atom stereocenters. The summed E-state index contributed by atoms with van der Waals surface area (Å²) in [7, 11) is 2.15. The highest BCUT2D eigenvalue weighted by Gasteiger charge is 2.24. The molecule has 4 heteroatoms. The van der Waals surface area contributed by atoms with Gasteiger partial charge < -0.3 is 4.90 Å². The van der Waals surface area contributed by atoms with Gasteiger partial charge >= 0.3 is 0 Å². The van der Waals surface area contributed by atoms with Crippen LogP contribution in [0.3, 0.4) is 0 Å². The maximum atomic E-state index is 2.47. The van der Waals surface area contributed by atoms with E-state index in [9.17, 15) is 0 Å². The third kappa shape index (κ3) is 4.18. The maximum Gasteiger partial charge on any atom is 0.262 e. The molecule has 3 aromatic carbocycles. The summed E-state index contributed by atoms with van der Waals surface area (Å²) >= 11 is 3.71. The van der Waals surface area contributed by atoms with Crippen molar-refractivity contribution in [2.45, 2.75) is 18.2 Å². The molecule has 0 amide bonds. The first kappa shape index (κ1) is 20.1. The van der Waals surface area contributed by atoms with Crippen molar-refractivity contribution in [1.29, 1.82) is 0 Å². The lowest BCUT2D eigenvalue weighted by molar-refractivity contribution is -0.642. The molecule has 1 aliphatic rings. The first-order valence-electron chi connectivity index (χ1n) is 10.5. The standard InChI is InChI=1S/C27H25N2S2/c1-20(18-26-28(2)22-12-6-8-14-24(22)30-26)19-27-29(17-16-21-10-4-3-5-11-21)23-13-7-9-15-25(23)31-27/h3-15,18-19H,16-17H2,1-2H3/q+1. The summed E-state index contributed by atoms with van der Waals surface area (Å²) in [6.45, 7) is 3.18. The number of aryl methyl sites for hydroxylation is 1. The van der Waals surface area contributed by atoms with Crippen LogP contribution in [0.5, 0.6) is 0 Å². The molecule has 0 atom stereocenters. The second-order valence-electron chi connectivity index (χ2n) is 7.79. The predicted molar refractivity (Wildman–Crippen MR) is 135 cm³/mol. The van der Waals surface area contributed by atoms with Gasteiger partial charge in [-0.3, -0.25) is 0 Å². The Balaban J connectivity index is 1.45. The van der Waals surface area contributed by atoms with Gasteiger partial charge in [-0.1, -0.05) is 77.7 Å². The molecule has 5 rings (SSSR count). The number of hydrogen-bond donors (Lipinski definition) is 0. The SMILES string of the molecule is CC(=C/c1sc2ccccc2[n+]1C)/C=C1/Sc2ccccc2N1CCc1ccccc1. The average Bonchev–Trinajstić information content (AvgIpc) is 3.30.